The van der Waals surface area contributed by atoms with Gasteiger partial charge in [0.15, 0.2) is 0 Å². The van der Waals surface area contributed by atoms with Crippen molar-refractivity contribution in [2.45, 2.75) is 18.6 Å². The summed E-state index contributed by atoms with van der Waals surface area (Å²) in [5.74, 6) is -0.197. The molecule has 3 heterocycles. The molecular weight excluding hydrogens is 306 g/mol. The number of hydrogen-bond donors (Lipinski definition) is 2. The maximum absolute atomic E-state index is 12.4. The highest BCUT2D eigenvalue weighted by atomic mass is 35.5. The van der Waals surface area contributed by atoms with E-state index >= 15 is 0 Å². The van der Waals surface area contributed by atoms with Crippen LogP contribution in [0.4, 0.5) is 4.79 Å². The molecule has 0 aliphatic carbocycles. The molecule has 6 nitrogen and oxygen atoms in total. The van der Waals surface area contributed by atoms with Gasteiger partial charge in [-0.3, -0.25) is 9.69 Å². The number of carbonyl (C=O) groups is 2. The van der Waals surface area contributed by atoms with E-state index in [1.54, 1.807) is 0 Å². The summed E-state index contributed by atoms with van der Waals surface area (Å²) in [6, 6.07) is 4.75. The number of carbonyl (C=O) groups excluding carboxylic acids is 2. The van der Waals surface area contributed by atoms with E-state index < -0.39 is 6.04 Å². The topological polar surface area (TPSA) is 77.7 Å². The molecule has 0 radical (unpaired) electrons. The van der Waals surface area contributed by atoms with Gasteiger partial charge in [0.1, 0.15) is 6.04 Å². The van der Waals surface area contributed by atoms with Crippen molar-refractivity contribution in [1.82, 2.24) is 15.2 Å². The molecule has 4 rings (SSSR count). The number of urea groups is 1. The van der Waals surface area contributed by atoms with Crippen LogP contribution in [-0.2, 0) is 16.0 Å². The van der Waals surface area contributed by atoms with Crippen LogP contribution < -0.4 is 5.32 Å². The van der Waals surface area contributed by atoms with E-state index in [4.69, 9.17) is 16.3 Å². The molecule has 2 saturated heterocycles. The van der Waals surface area contributed by atoms with Gasteiger partial charge >= 0.3 is 6.03 Å². The number of benzene rings is 1. The van der Waals surface area contributed by atoms with E-state index in [1.165, 1.54) is 4.90 Å². The number of imide groups is 1. The molecule has 2 N–H and O–H groups in total. The molecule has 0 bridgehead atoms. The lowest BCUT2D eigenvalue weighted by atomic mass is 10.1. The minimum Gasteiger partial charge on any atom is -0.371 e. The van der Waals surface area contributed by atoms with E-state index in [-0.39, 0.29) is 18.0 Å². The Kier molecular flexibility index (Phi) is 3.09. The Bertz CT molecular complexity index is 768. The van der Waals surface area contributed by atoms with Crippen molar-refractivity contribution in [2.75, 3.05) is 13.2 Å². The van der Waals surface area contributed by atoms with Crippen LogP contribution in [0.2, 0.25) is 5.02 Å². The number of epoxide rings is 1. The van der Waals surface area contributed by atoms with E-state index in [2.05, 4.69) is 10.3 Å². The van der Waals surface area contributed by atoms with Crippen molar-refractivity contribution in [3.63, 3.8) is 0 Å². The zero-order valence-corrected chi connectivity index (χ0v) is 12.4. The van der Waals surface area contributed by atoms with Gasteiger partial charge in [0, 0.05) is 18.0 Å². The fourth-order valence-electron chi connectivity index (χ4n) is 2.83. The smallest absolute Gasteiger partial charge is 0.324 e. The van der Waals surface area contributed by atoms with Crippen molar-refractivity contribution in [2.24, 2.45) is 0 Å². The lowest BCUT2D eigenvalue weighted by Gasteiger charge is -2.10. The number of hydrogen-bond acceptors (Lipinski definition) is 3. The second-order valence-electron chi connectivity index (χ2n) is 5.59. The summed E-state index contributed by atoms with van der Waals surface area (Å²) in [5.41, 5.74) is 1.81. The van der Waals surface area contributed by atoms with E-state index in [0.29, 0.717) is 24.6 Å². The Balaban J connectivity index is 1.56. The zero-order valence-electron chi connectivity index (χ0n) is 11.6. The largest absolute Gasteiger partial charge is 0.371 e. The number of rotatable bonds is 4. The lowest BCUT2D eigenvalue weighted by Crippen LogP contribution is -2.35. The molecule has 2 aliphatic rings. The average Bonchev–Trinajstić information content (AvgIpc) is 3.17. The molecule has 22 heavy (non-hydrogen) atoms. The molecule has 2 atom stereocenters. The number of amides is 3. The first-order valence-electron chi connectivity index (χ1n) is 7.11. The third-order valence-corrected chi connectivity index (χ3v) is 4.38. The Morgan fingerprint density at radius 1 is 1.36 bits per heavy atom. The van der Waals surface area contributed by atoms with Gasteiger partial charge in [0.2, 0.25) is 0 Å². The fraction of sp³-hybridized carbons (Fsp3) is 0.333. The molecule has 2 aliphatic heterocycles. The Morgan fingerprint density at radius 2 is 2.18 bits per heavy atom. The number of aromatic amines is 1. The van der Waals surface area contributed by atoms with Crippen molar-refractivity contribution in [1.29, 1.82) is 0 Å². The van der Waals surface area contributed by atoms with Gasteiger partial charge < -0.3 is 15.0 Å². The molecule has 0 saturated carbocycles. The third-order valence-electron chi connectivity index (χ3n) is 4.07. The van der Waals surface area contributed by atoms with Gasteiger partial charge in [-0.15, -0.1) is 0 Å². The van der Waals surface area contributed by atoms with Crippen LogP contribution in [0.5, 0.6) is 0 Å². The number of halogens is 1. The van der Waals surface area contributed by atoms with Crippen molar-refractivity contribution in [3.05, 3.63) is 35.0 Å². The standard InChI is InChI=1S/C15H14ClN3O3/c16-11-3-1-2-10-8(5-17-13(10)11)4-12-14(20)19(15(21)18-12)6-9-7-22-9/h1-3,5,9,12,17H,4,6-7H2,(H,18,21)/t9?,12-/m1/s1. The number of para-hydroxylation sites is 1. The van der Waals surface area contributed by atoms with Gasteiger partial charge in [-0.25, -0.2) is 4.79 Å². The quantitative estimate of drug-likeness (QED) is 0.665. The number of fused-ring (bicyclic) bond motifs is 1. The first kappa shape index (κ1) is 13.6. The molecular formula is C15H14ClN3O3. The fourth-order valence-corrected chi connectivity index (χ4v) is 3.06. The summed E-state index contributed by atoms with van der Waals surface area (Å²) >= 11 is 6.14. The summed E-state index contributed by atoms with van der Waals surface area (Å²) in [7, 11) is 0. The molecule has 2 fully saturated rings. The maximum Gasteiger partial charge on any atom is 0.324 e. The van der Waals surface area contributed by atoms with Crippen molar-refractivity contribution >= 4 is 34.4 Å². The van der Waals surface area contributed by atoms with E-state index in [9.17, 15) is 9.59 Å². The van der Waals surface area contributed by atoms with Gasteiger partial charge in [-0.05, 0) is 11.6 Å². The maximum atomic E-state index is 12.4. The average molecular weight is 320 g/mol. The van der Waals surface area contributed by atoms with Crippen LogP contribution in [0.3, 0.4) is 0 Å². The number of ether oxygens (including phenoxy) is 1. The Morgan fingerprint density at radius 3 is 2.95 bits per heavy atom. The van der Waals surface area contributed by atoms with Crippen molar-refractivity contribution in [3.8, 4) is 0 Å². The third kappa shape index (κ3) is 2.24. The molecule has 3 amide bonds. The first-order valence-corrected chi connectivity index (χ1v) is 7.49. The number of H-pyrrole nitrogens is 1. The Hall–Kier alpha value is -2.05. The second-order valence-corrected chi connectivity index (χ2v) is 5.99. The Labute approximate surface area is 131 Å². The van der Waals surface area contributed by atoms with Gasteiger partial charge in [0.05, 0.1) is 29.8 Å². The highest BCUT2D eigenvalue weighted by Crippen LogP contribution is 2.27. The predicted octanol–water partition coefficient (Wildman–Crippen LogP) is 1.68. The second kappa shape index (κ2) is 5.00. The molecule has 7 heteroatoms. The summed E-state index contributed by atoms with van der Waals surface area (Å²) in [6.07, 6.45) is 2.27. The minimum absolute atomic E-state index is 0.000320. The van der Waals surface area contributed by atoms with Crippen LogP contribution in [0.15, 0.2) is 24.4 Å². The summed E-state index contributed by atoms with van der Waals surface area (Å²) in [5, 5.41) is 4.35. The van der Waals surface area contributed by atoms with Crippen LogP contribution in [-0.4, -0.2) is 47.1 Å². The van der Waals surface area contributed by atoms with E-state index in [1.807, 2.05) is 24.4 Å². The highest BCUT2D eigenvalue weighted by Gasteiger charge is 2.41. The normalized spacial score (nSPS) is 24.1. The SMILES string of the molecule is O=C1N[C@H](Cc2c[nH]c3c(Cl)cccc23)C(=O)N1CC1CO1. The number of aromatic nitrogens is 1. The van der Waals surface area contributed by atoms with Crippen LogP contribution in [0.25, 0.3) is 10.9 Å². The predicted molar refractivity (Wildman–Crippen MR) is 80.8 cm³/mol. The molecule has 1 unspecified atom stereocenters. The van der Waals surface area contributed by atoms with Gasteiger partial charge in [-0.1, -0.05) is 23.7 Å². The monoisotopic (exact) mass is 319 g/mol. The summed E-state index contributed by atoms with van der Waals surface area (Å²) < 4.78 is 5.09. The molecule has 1 aromatic heterocycles. The zero-order chi connectivity index (χ0) is 15.3. The molecule has 114 valence electrons. The summed E-state index contributed by atoms with van der Waals surface area (Å²) in [6.45, 7) is 0.948. The molecule has 2 aromatic rings. The summed E-state index contributed by atoms with van der Waals surface area (Å²) in [4.78, 5) is 28.6. The van der Waals surface area contributed by atoms with Crippen molar-refractivity contribution < 1.29 is 14.3 Å². The highest BCUT2D eigenvalue weighted by molar-refractivity contribution is 6.35. The van der Waals surface area contributed by atoms with Gasteiger partial charge in [-0.2, -0.15) is 0 Å². The van der Waals surface area contributed by atoms with E-state index in [0.717, 1.165) is 16.5 Å². The van der Waals surface area contributed by atoms with Gasteiger partial charge in [0.25, 0.3) is 5.91 Å². The first-order chi connectivity index (χ1) is 10.6. The molecule has 1 aromatic carbocycles. The number of nitrogens with one attached hydrogen (secondary N) is 2. The van der Waals surface area contributed by atoms with Crippen LogP contribution in [0.1, 0.15) is 5.56 Å². The lowest BCUT2D eigenvalue weighted by molar-refractivity contribution is -0.127. The minimum atomic E-state index is -0.538. The molecule has 0 spiro atoms. The van der Waals surface area contributed by atoms with Crippen LogP contribution in [0, 0.1) is 0 Å². The van der Waals surface area contributed by atoms with Crippen LogP contribution >= 0.6 is 11.6 Å². The number of nitrogens with zero attached hydrogens (tertiary/aromatic N) is 1.